The van der Waals surface area contributed by atoms with E-state index in [0.29, 0.717) is 11.3 Å². The smallest absolute Gasteiger partial charge is 0.323 e. The van der Waals surface area contributed by atoms with Gasteiger partial charge in [0.2, 0.25) is 5.91 Å². The molecule has 0 spiro atoms. The summed E-state index contributed by atoms with van der Waals surface area (Å²) >= 11 is 1.49. The van der Waals surface area contributed by atoms with Crippen LogP contribution in [-0.2, 0) is 15.1 Å². The Balaban J connectivity index is 1.47. The van der Waals surface area contributed by atoms with Gasteiger partial charge in [-0.15, -0.1) is 0 Å². The van der Waals surface area contributed by atoms with Crippen LogP contribution in [-0.4, -0.2) is 29.3 Å². The van der Waals surface area contributed by atoms with Gasteiger partial charge in [-0.25, -0.2) is 9.18 Å². The summed E-state index contributed by atoms with van der Waals surface area (Å²) in [5.41, 5.74) is -0.351. The third kappa shape index (κ3) is 4.36. The fourth-order valence-corrected chi connectivity index (χ4v) is 4.35. The summed E-state index contributed by atoms with van der Waals surface area (Å²) in [6, 6.07) is 21.7. The first-order valence-corrected chi connectivity index (χ1v) is 10.7. The highest BCUT2D eigenvalue weighted by Crippen LogP contribution is 2.33. The Morgan fingerprint density at radius 1 is 1.00 bits per heavy atom. The van der Waals surface area contributed by atoms with Crippen LogP contribution in [0.1, 0.15) is 12.5 Å². The molecule has 2 N–H and O–H groups in total. The Morgan fingerprint density at radius 3 is 2.38 bits per heavy atom. The number of hydrogen-bond acceptors (Lipinski definition) is 4. The molecule has 6 nitrogen and oxygen atoms in total. The van der Waals surface area contributed by atoms with Crippen LogP contribution in [0.2, 0.25) is 0 Å². The van der Waals surface area contributed by atoms with Crippen molar-refractivity contribution in [1.82, 2.24) is 10.2 Å². The Morgan fingerprint density at radius 2 is 1.66 bits per heavy atom. The Kier molecular flexibility index (Phi) is 5.96. The molecule has 0 aliphatic carbocycles. The topological polar surface area (TPSA) is 78.5 Å². The number of amides is 4. The van der Waals surface area contributed by atoms with Crippen LogP contribution >= 0.6 is 11.8 Å². The van der Waals surface area contributed by atoms with E-state index in [9.17, 15) is 18.8 Å². The van der Waals surface area contributed by atoms with Crippen molar-refractivity contribution in [2.24, 2.45) is 0 Å². The van der Waals surface area contributed by atoms with E-state index in [0.717, 1.165) is 14.7 Å². The predicted molar refractivity (Wildman–Crippen MR) is 120 cm³/mol. The number of nitrogens with one attached hydrogen (secondary N) is 2. The van der Waals surface area contributed by atoms with Crippen molar-refractivity contribution < 1.29 is 18.8 Å². The van der Waals surface area contributed by atoms with Crippen LogP contribution in [0, 0.1) is 5.82 Å². The predicted octanol–water partition coefficient (Wildman–Crippen LogP) is 4.38. The number of anilines is 1. The summed E-state index contributed by atoms with van der Waals surface area (Å²) in [4.78, 5) is 40.9. The van der Waals surface area contributed by atoms with Gasteiger partial charge in [0.25, 0.3) is 5.91 Å². The molecule has 3 aromatic rings. The minimum Gasteiger partial charge on any atom is -0.323 e. The zero-order valence-corrected chi connectivity index (χ0v) is 18.0. The SMILES string of the molecule is C[C@]1(c2ccc(F)cc2)NC(=O)N(CC(=O)Nc2ccccc2Sc2ccccc2)C1=O. The van der Waals surface area contributed by atoms with Gasteiger partial charge in [-0.1, -0.05) is 54.2 Å². The molecule has 0 bridgehead atoms. The zero-order valence-electron chi connectivity index (χ0n) is 17.2. The number of nitrogens with zero attached hydrogens (tertiary/aromatic N) is 1. The average molecular weight is 450 g/mol. The Bertz CT molecular complexity index is 1170. The van der Waals surface area contributed by atoms with E-state index in [1.165, 1.54) is 43.0 Å². The van der Waals surface area contributed by atoms with E-state index in [1.54, 1.807) is 12.1 Å². The molecular formula is C24H20FN3O3S. The van der Waals surface area contributed by atoms with Crippen LogP contribution < -0.4 is 10.6 Å². The largest absolute Gasteiger partial charge is 0.325 e. The number of benzene rings is 3. The standard InChI is InChI=1S/C24H20FN3O3S/c1-24(16-11-13-17(25)14-12-16)22(30)28(23(31)27-24)15-21(29)26-19-9-5-6-10-20(19)32-18-7-3-2-4-8-18/h2-14H,15H2,1H3,(H,26,29)(H,27,31)/t24-/m1/s1. The second-order valence-corrected chi connectivity index (χ2v) is 8.53. The summed E-state index contributed by atoms with van der Waals surface area (Å²) in [7, 11) is 0. The normalized spacial score (nSPS) is 17.9. The number of halogens is 1. The second kappa shape index (κ2) is 8.84. The monoisotopic (exact) mass is 449 g/mol. The molecular weight excluding hydrogens is 429 g/mol. The fourth-order valence-electron chi connectivity index (χ4n) is 3.43. The van der Waals surface area contributed by atoms with Gasteiger partial charge in [0.05, 0.1) is 5.69 Å². The zero-order chi connectivity index (χ0) is 22.7. The fraction of sp³-hybridized carbons (Fsp3) is 0.125. The molecule has 162 valence electrons. The molecule has 0 radical (unpaired) electrons. The summed E-state index contributed by atoms with van der Waals surface area (Å²) in [5, 5.41) is 5.40. The number of carbonyl (C=O) groups excluding carboxylic acids is 3. The van der Waals surface area contributed by atoms with Crippen molar-refractivity contribution in [3.8, 4) is 0 Å². The molecule has 1 fully saturated rings. The van der Waals surface area contributed by atoms with Crippen molar-refractivity contribution in [2.45, 2.75) is 22.3 Å². The summed E-state index contributed by atoms with van der Waals surface area (Å²) < 4.78 is 13.3. The molecule has 0 unspecified atom stereocenters. The first-order chi connectivity index (χ1) is 15.4. The highest BCUT2D eigenvalue weighted by molar-refractivity contribution is 7.99. The van der Waals surface area contributed by atoms with Gasteiger partial charge < -0.3 is 10.6 Å². The lowest BCUT2D eigenvalue weighted by atomic mass is 9.92. The van der Waals surface area contributed by atoms with Gasteiger partial charge >= 0.3 is 6.03 Å². The molecule has 1 atom stereocenters. The van der Waals surface area contributed by atoms with Crippen molar-refractivity contribution >= 4 is 35.3 Å². The van der Waals surface area contributed by atoms with E-state index in [4.69, 9.17) is 0 Å². The number of urea groups is 1. The molecule has 3 aromatic carbocycles. The summed E-state index contributed by atoms with van der Waals surface area (Å²) in [5.74, 6) is -1.52. The molecule has 0 aromatic heterocycles. The van der Waals surface area contributed by atoms with Gasteiger partial charge in [-0.3, -0.25) is 14.5 Å². The average Bonchev–Trinajstić information content (AvgIpc) is 3.00. The molecule has 4 rings (SSSR count). The van der Waals surface area contributed by atoms with Crippen molar-refractivity contribution in [3.63, 3.8) is 0 Å². The maximum absolute atomic E-state index is 13.3. The van der Waals surface area contributed by atoms with Crippen LogP contribution in [0.15, 0.2) is 88.7 Å². The second-order valence-electron chi connectivity index (χ2n) is 7.41. The number of hydrogen-bond donors (Lipinski definition) is 2. The van der Waals surface area contributed by atoms with Gasteiger partial charge in [-0.05, 0) is 48.9 Å². The molecule has 8 heteroatoms. The number of imide groups is 1. The molecule has 1 aliphatic rings. The van der Waals surface area contributed by atoms with Crippen molar-refractivity contribution in [2.75, 3.05) is 11.9 Å². The summed E-state index contributed by atoms with van der Waals surface area (Å²) in [6.07, 6.45) is 0. The van der Waals surface area contributed by atoms with Crippen LogP contribution in [0.3, 0.4) is 0 Å². The third-order valence-corrected chi connectivity index (χ3v) is 6.21. The van der Waals surface area contributed by atoms with Crippen molar-refractivity contribution in [3.05, 3.63) is 90.2 Å². The minimum atomic E-state index is -1.37. The first kappa shape index (κ1) is 21.6. The van der Waals surface area contributed by atoms with Crippen LogP contribution in [0.25, 0.3) is 0 Å². The Hall–Kier alpha value is -3.65. The van der Waals surface area contributed by atoms with E-state index < -0.39 is 35.7 Å². The van der Waals surface area contributed by atoms with E-state index in [-0.39, 0.29) is 0 Å². The quantitative estimate of drug-likeness (QED) is 0.548. The van der Waals surface area contributed by atoms with Crippen LogP contribution in [0.5, 0.6) is 0 Å². The number of para-hydroxylation sites is 1. The van der Waals surface area contributed by atoms with Gasteiger partial charge in [-0.2, -0.15) is 0 Å². The lowest BCUT2D eigenvalue weighted by molar-refractivity contribution is -0.133. The molecule has 1 saturated heterocycles. The highest BCUT2D eigenvalue weighted by atomic mass is 32.2. The van der Waals surface area contributed by atoms with Gasteiger partial charge in [0, 0.05) is 9.79 Å². The van der Waals surface area contributed by atoms with Gasteiger partial charge in [0.15, 0.2) is 0 Å². The highest BCUT2D eigenvalue weighted by Gasteiger charge is 2.49. The maximum Gasteiger partial charge on any atom is 0.325 e. The Labute approximate surface area is 188 Å². The van der Waals surface area contributed by atoms with Crippen molar-refractivity contribution in [1.29, 1.82) is 0 Å². The number of carbonyl (C=O) groups is 3. The molecule has 0 saturated carbocycles. The van der Waals surface area contributed by atoms with Crippen LogP contribution in [0.4, 0.5) is 14.9 Å². The molecule has 32 heavy (non-hydrogen) atoms. The molecule has 1 aliphatic heterocycles. The summed E-state index contributed by atoms with van der Waals surface area (Å²) in [6.45, 7) is 1.09. The first-order valence-electron chi connectivity index (χ1n) is 9.89. The third-order valence-electron chi connectivity index (χ3n) is 5.13. The van der Waals surface area contributed by atoms with E-state index >= 15 is 0 Å². The van der Waals surface area contributed by atoms with E-state index in [2.05, 4.69) is 10.6 Å². The molecule has 1 heterocycles. The van der Waals surface area contributed by atoms with Gasteiger partial charge in [0.1, 0.15) is 17.9 Å². The van der Waals surface area contributed by atoms with E-state index in [1.807, 2.05) is 42.5 Å². The maximum atomic E-state index is 13.3. The molecule has 4 amide bonds. The lowest BCUT2D eigenvalue weighted by Gasteiger charge is -2.22. The number of rotatable bonds is 6. The minimum absolute atomic E-state index is 0.435. The lowest BCUT2D eigenvalue weighted by Crippen LogP contribution is -2.42.